The average molecular weight is 465 g/mol. The van der Waals surface area contributed by atoms with E-state index in [0.29, 0.717) is 25.7 Å². The fourth-order valence-electron chi connectivity index (χ4n) is 5.19. The molecule has 0 aromatic heterocycles. The molecule has 0 heterocycles. The summed E-state index contributed by atoms with van der Waals surface area (Å²) in [5, 5.41) is 15.0. The Kier molecular flexibility index (Phi) is 7.50. The van der Waals surface area contributed by atoms with E-state index < -0.39 is 24.0 Å². The first-order chi connectivity index (χ1) is 16.5. The predicted octanol–water partition coefficient (Wildman–Crippen LogP) is 4.45. The van der Waals surface area contributed by atoms with Crippen LogP contribution in [0.15, 0.2) is 48.5 Å². The number of hydrogen-bond donors (Lipinski definition) is 3. The van der Waals surface area contributed by atoms with Crippen molar-refractivity contribution in [2.45, 2.75) is 63.5 Å². The molecule has 34 heavy (non-hydrogen) atoms. The highest BCUT2D eigenvalue weighted by Gasteiger charge is 2.31. The summed E-state index contributed by atoms with van der Waals surface area (Å²) in [7, 11) is 0. The van der Waals surface area contributed by atoms with Gasteiger partial charge in [0.2, 0.25) is 5.91 Å². The van der Waals surface area contributed by atoms with Crippen LogP contribution < -0.4 is 10.6 Å². The van der Waals surface area contributed by atoms with Crippen molar-refractivity contribution in [3.05, 3.63) is 59.7 Å². The molecule has 4 rings (SSSR count). The van der Waals surface area contributed by atoms with E-state index in [1.54, 1.807) is 0 Å². The van der Waals surface area contributed by atoms with Gasteiger partial charge in [-0.1, -0.05) is 68.3 Å². The van der Waals surface area contributed by atoms with Gasteiger partial charge < -0.3 is 20.5 Å². The van der Waals surface area contributed by atoms with Crippen molar-refractivity contribution in [1.82, 2.24) is 10.6 Å². The fraction of sp³-hybridized carbons (Fsp3) is 0.444. The minimum atomic E-state index is -0.819. The maximum absolute atomic E-state index is 12.9. The molecule has 2 aliphatic carbocycles. The van der Waals surface area contributed by atoms with Gasteiger partial charge in [-0.15, -0.1) is 0 Å². The van der Waals surface area contributed by atoms with Gasteiger partial charge in [-0.2, -0.15) is 0 Å². The zero-order chi connectivity index (χ0) is 24.1. The number of amides is 2. The lowest BCUT2D eigenvalue weighted by Crippen LogP contribution is -2.51. The minimum Gasteiger partial charge on any atom is -0.481 e. The summed E-state index contributed by atoms with van der Waals surface area (Å²) >= 11 is 0. The lowest BCUT2D eigenvalue weighted by molar-refractivity contribution is -0.143. The highest BCUT2D eigenvalue weighted by molar-refractivity contribution is 5.86. The van der Waals surface area contributed by atoms with Crippen LogP contribution in [0.25, 0.3) is 11.1 Å². The van der Waals surface area contributed by atoms with Crippen molar-refractivity contribution in [3.63, 3.8) is 0 Å². The molecule has 180 valence electrons. The van der Waals surface area contributed by atoms with E-state index in [2.05, 4.69) is 34.9 Å². The molecule has 0 saturated heterocycles. The van der Waals surface area contributed by atoms with Crippen molar-refractivity contribution in [2.24, 2.45) is 5.92 Å². The Morgan fingerprint density at radius 1 is 1.03 bits per heavy atom. The van der Waals surface area contributed by atoms with Crippen molar-refractivity contribution >= 4 is 18.0 Å². The zero-order valence-electron chi connectivity index (χ0n) is 19.5. The number of hydrogen-bond acceptors (Lipinski definition) is 4. The molecular weight excluding hydrogens is 432 g/mol. The number of nitrogens with one attached hydrogen (secondary N) is 2. The first-order valence-electron chi connectivity index (χ1n) is 12.1. The van der Waals surface area contributed by atoms with Gasteiger partial charge in [-0.25, -0.2) is 4.79 Å². The molecule has 2 amide bonds. The van der Waals surface area contributed by atoms with Crippen LogP contribution in [0.5, 0.6) is 0 Å². The van der Waals surface area contributed by atoms with Gasteiger partial charge in [0.1, 0.15) is 12.6 Å². The van der Waals surface area contributed by atoms with E-state index in [4.69, 9.17) is 4.74 Å². The first kappa shape index (κ1) is 23.8. The molecule has 0 bridgehead atoms. The summed E-state index contributed by atoms with van der Waals surface area (Å²) in [6.45, 7) is 2.13. The third-order valence-corrected chi connectivity index (χ3v) is 6.90. The Hall–Kier alpha value is -3.35. The zero-order valence-corrected chi connectivity index (χ0v) is 19.5. The normalized spacial score (nSPS) is 20.0. The summed E-state index contributed by atoms with van der Waals surface area (Å²) in [5.41, 5.74) is 4.57. The van der Waals surface area contributed by atoms with Gasteiger partial charge in [0, 0.05) is 12.0 Å². The molecular formula is C27H32N2O5. The van der Waals surface area contributed by atoms with E-state index in [-0.39, 0.29) is 24.5 Å². The smallest absolute Gasteiger partial charge is 0.407 e. The van der Waals surface area contributed by atoms with E-state index in [1.807, 2.05) is 31.2 Å². The molecule has 7 nitrogen and oxygen atoms in total. The van der Waals surface area contributed by atoms with Crippen molar-refractivity contribution in [2.75, 3.05) is 6.61 Å². The molecule has 0 radical (unpaired) electrons. The fourth-order valence-corrected chi connectivity index (χ4v) is 5.19. The molecule has 7 heteroatoms. The van der Waals surface area contributed by atoms with Gasteiger partial charge in [0.15, 0.2) is 0 Å². The standard InChI is InChI=1S/C27H32N2O5/c1-2-8-24(25(30)28-18-10-7-9-17(15-18)26(31)32)29-27(33)34-16-23-21-13-5-3-11-19(21)20-12-4-6-14-22(20)23/h3-6,11-14,17-18,23-24H,2,7-10,15-16H2,1H3,(H,28,30)(H,29,33)(H,31,32)/t17-,18+,24?/m0/s1. The highest BCUT2D eigenvalue weighted by atomic mass is 16.5. The summed E-state index contributed by atoms with van der Waals surface area (Å²) < 4.78 is 5.60. The minimum absolute atomic E-state index is 0.0493. The molecule has 1 unspecified atom stereocenters. The van der Waals surface area contributed by atoms with Crippen LogP contribution in [0.1, 0.15) is 62.5 Å². The van der Waals surface area contributed by atoms with E-state index in [9.17, 15) is 19.5 Å². The second-order valence-corrected chi connectivity index (χ2v) is 9.22. The largest absolute Gasteiger partial charge is 0.481 e. The molecule has 1 saturated carbocycles. The number of benzene rings is 2. The van der Waals surface area contributed by atoms with Crippen LogP contribution in [0.2, 0.25) is 0 Å². The average Bonchev–Trinajstić information content (AvgIpc) is 3.16. The molecule has 2 aromatic carbocycles. The maximum atomic E-state index is 12.9. The molecule has 2 aromatic rings. The molecule has 0 aliphatic heterocycles. The number of ether oxygens (including phenoxy) is 1. The topological polar surface area (TPSA) is 105 Å². The van der Waals surface area contributed by atoms with Crippen molar-refractivity contribution in [3.8, 4) is 11.1 Å². The molecule has 0 spiro atoms. The van der Waals surface area contributed by atoms with E-state index in [0.717, 1.165) is 35.1 Å². The number of alkyl carbamates (subject to hydrolysis) is 1. The van der Waals surface area contributed by atoms with Crippen LogP contribution in [-0.4, -0.2) is 41.8 Å². The van der Waals surface area contributed by atoms with Gasteiger partial charge in [-0.3, -0.25) is 9.59 Å². The number of rotatable bonds is 8. The predicted molar refractivity (Wildman–Crippen MR) is 128 cm³/mol. The molecule has 1 fully saturated rings. The summed E-state index contributed by atoms with van der Waals surface area (Å²) in [4.78, 5) is 36.8. The summed E-state index contributed by atoms with van der Waals surface area (Å²) in [6, 6.07) is 15.4. The Labute approximate surface area is 199 Å². The molecule has 2 aliphatic rings. The SMILES string of the molecule is CCCC(NC(=O)OCC1c2ccccc2-c2ccccc21)C(=O)N[C@@H]1CCC[C@H](C(=O)O)C1. The number of aliphatic carboxylic acids is 1. The summed E-state index contributed by atoms with van der Waals surface area (Å²) in [6.07, 6.45) is 3.14. The number of carbonyl (C=O) groups is 3. The monoisotopic (exact) mass is 464 g/mol. The van der Waals surface area contributed by atoms with Gasteiger partial charge in [-0.05, 0) is 47.9 Å². The quantitative estimate of drug-likeness (QED) is 0.535. The third-order valence-electron chi connectivity index (χ3n) is 6.90. The lowest BCUT2D eigenvalue weighted by atomic mass is 9.85. The first-order valence-corrected chi connectivity index (χ1v) is 12.1. The lowest BCUT2D eigenvalue weighted by Gasteiger charge is -2.29. The molecule has 3 N–H and O–H groups in total. The van der Waals surface area contributed by atoms with Crippen LogP contribution in [0, 0.1) is 5.92 Å². The number of fused-ring (bicyclic) bond motifs is 3. The van der Waals surface area contributed by atoms with Crippen LogP contribution >= 0.6 is 0 Å². The van der Waals surface area contributed by atoms with Crippen molar-refractivity contribution in [1.29, 1.82) is 0 Å². The highest BCUT2D eigenvalue weighted by Crippen LogP contribution is 2.44. The third kappa shape index (κ3) is 5.24. The number of carboxylic acids is 1. The van der Waals surface area contributed by atoms with Crippen LogP contribution in [0.3, 0.4) is 0 Å². The Balaban J connectivity index is 1.35. The second-order valence-electron chi connectivity index (χ2n) is 9.22. The maximum Gasteiger partial charge on any atom is 0.407 e. The Bertz CT molecular complexity index is 1010. The van der Waals surface area contributed by atoms with E-state index in [1.165, 1.54) is 0 Å². The number of carboxylic acid groups (broad SMARTS) is 1. The second kappa shape index (κ2) is 10.7. The van der Waals surface area contributed by atoms with Crippen LogP contribution in [-0.2, 0) is 14.3 Å². The summed E-state index contributed by atoms with van der Waals surface area (Å²) in [5.74, 6) is -1.59. The van der Waals surface area contributed by atoms with Crippen molar-refractivity contribution < 1.29 is 24.2 Å². The number of carbonyl (C=O) groups excluding carboxylic acids is 2. The van der Waals surface area contributed by atoms with Crippen LogP contribution in [0.4, 0.5) is 4.79 Å². The van der Waals surface area contributed by atoms with Gasteiger partial charge >= 0.3 is 12.1 Å². The van der Waals surface area contributed by atoms with Gasteiger partial charge in [0.05, 0.1) is 5.92 Å². The van der Waals surface area contributed by atoms with E-state index >= 15 is 0 Å². The Morgan fingerprint density at radius 2 is 1.68 bits per heavy atom. The molecule has 3 atom stereocenters. The Morgan fingerprint density at radius 3 is 2.29 bits per heavy atom. The van der Waals surface area contributed by atoms with Gasteiger partial charge in [0.25, 0.3) is 0 Å².